The summed E-state index contributed by atoms with van der Waals surface area (Å²) in [7, 11) is 0. The van der Waals surface area contributed by atoms with Crippen molar-refractivity contribution in [3.63, 3.8) is 0 Å². The Balaban J connectivity index is 1.64. The Bertz CT molecular complexity index is 422. The van der Waals surface area contributed by atoms with Gasteiger partial charge in [-0.3, -0.25) is 0 Å². The van der Waals surface area contributed by atoms with Crippen LogP contribution in [0, 0.1) is 23.2 Å². The number of hydrogen-bond acceptors (Lipinski definition) is 2. The lowest BCUT2D eigenvalue weighted by Gasteiger charge is -2.20. The van der Waals surface area contributed by atoms with E-state index >= 15 is 0 Å². The minimum Gasteiger partial charge on any atom is -0.301 e. The first-order valence-corrected chi connectivity index (χ1v) is 7.03. The monoisotopic (exact) mass is 240 g/mol. The van der Waals surface area contributed by atoms with Crippen LogP contribution in [0.5, 0.6) is 0 Å². The van der Waals surface area contributed by atoms with E-state index in [1.807, 2.05) is 18.2 Å². The molecule has 0 spiro atoms. The van der Waals surface area contributed by atoms with Crippen LogP contribution in [0.3, 0.4) is 0 Å². The van der Waals surface area contributed by atoms with Gasteiger partial charge in [0.15, 0.2) is 0 Å². The van der Waals surface area contributed by atoms with Crippen molar-refractivity contribution in [2.45, 2.75) is 25.2 Å². The first kappa shape index (κ1) is 11.7. The predicted molar refractivity (Wildman–Crippen MR) is 72.1 cm³/mol. The Morgan fingerprint density at radius 1 is 1.17 bits per heavy atom. The average molecular weight is 240 g/mol. The summed E-state index contributed by atoms with van der Waals surface area (Å²) < 4.78 is 0. The lowest BCUT2D eigenvalue weighted by atomic mass is 10.0. The maximum absolute atomic E-state index is 9.37. The third kappa shape index (κ3) is 2.28. The zero-order valence-corrected chi connectivity index (χ0v) is 10.8. The summed E-state index contributed by atoms with van der Waals surface area (Å²) in [4.78, 5) is 2.51. The lowest BCUT2D eigenvalue weighted by molar-refractivity contribution is 0.305. The molecule has 2 aliphatic rings. The zero-order chi connectivity index (χ0) is 12.4. The van der Waals surface area contributed by atoms with Crippen LogP contribution in [0.2, 0.25) is 0 Å². The maximum atomic E-state index is 9.37. The van der Waals surface area contributed by atoms with Gasteiger partial charge in [0.1, 0.15) is 0 Å². The molecular weight excluding hydrogens is 220 g/mol. The molecule has 3 rings (SSSR count). The second kappa shape index (κ2) is 5.12. The highest BCUT2D eigenvalue weighted by atomic mass is 15.2. The minimum absolute atomic E-state index is 0.0324. The smallest absolute Gasteiger partial charge is 0.0839 e. The molecule has 0 radical (unpaired) electrons. The van der Waals surface area contributed by atoms with Crippen LogP contribution >= 0.6 is 0 Å². The van der Waals surface area contributed by atoms with Crippen LogP contribution in [0.25, 0.3) is 0 Å². The van der Waals surface area contributed by atoms with Gasteiger partial charge in [0.2, 0.25) is 0 Å². The molecule has 2 fully saturated rings. The van der Waals surface area contributed by atoms with Gasteiger partial charge >= 0.3 is 0 Å². The van der Waals surface area contributed by atoms with E-state index in [9.17, 15) is 5.26 Å². The molecule has 18 heavy (non-hydrogen) atoms. The number of hydrogen-bond donors (Lipinski definition) is 0. The van der Waals surface area contributed by atoms with Crippen molar-refractivity contribution in [2.24, 2.45) is 11.8 Å². The van der Waals surface area contributed by atoms with Gasteiger partial charge in [0, 0.05) is 19.6 Å². The summed E-state index contributed by atoms with van der Waals surface area (Å²) in [6.07, 6.45) is 4.23. The fraction of sp³-hybridized carbons (Fsp3) is 0.562. The molecule has 1 aromatic carbocycles. The molecule has 0 N–H and O–H groups in total. The summed E-state index contributed by atoms with van der Waals surface area (Å²) >= 11 is 0. The first-order chi connectivity index (χ1) is 8.86. The number of nitriles is 1. The molecule has 1 aliphatic carbocycles. The fourth-order valence-electron chi connectivity index (χ4n) is 3.65. The molecular formula is C16H20N2. The molecule has 1 heterocycles. The highest BCUT2D eigenvalue weighted by Gasteiger charge is 2.36. The number of likely N-dealkylation sites (tertiary alicyclic amines) is 1. The number of fused-ring (bicyclic) bond motifs is 1. The number of benzene rings is 1. The number of nitrogens with zero attached hydrogens (tertiary/aromatic N) is 2. The first-order valence-electron chi connectivity index (χ1n) is 7.03. The van der Waals surface area contributed by atoms with E-state index in [4.69, 9.17) is 0 Å². The van der Waals surface area contributed by atoms with Crippen LogP contribution in [0.4, 0.5) is 0 Å². The highest BCUT2D eigenvalue weighted by molar-refractivity contribution is 5.25. The van der Waals surface area contributed by atoms with E-state index in [2.05, 4.69) is 23.1 Å². The lowest BCUT2D eigenvalue weighted by Crippen LogP contribution is -2.26. The van der Waals surface area contributed by atoms with Crippen LogP contribution in [-0.4, -0.2) is 24.5 Å². The largest absolute Gasteiger partial charge is 0.301 e. The van der Waals surface area contributed by atoms with Crippen LogP contribution in [0.15, 0.2) is 30.3 Å². The number of rotatable bonds is 3. The van der Waals surface area contributed by atoms with Crippen molar-refractivity contribution < 1.29 is 0 Å². The third-order valence-electron chi connectivity index (χ3n) is 4.60. The summed E-state index contributed by atoms with van der Waals surface area (Å²) in [5, 5.41) is 9.37. The van der Waals surface area contributed by atoms with Crippen molar-refractivity contribution in [2.75, 3.05) is 19.6 Å². The molecule has 1 saturated heterocycles. The molecule has 1 aromatic rings. The fourth-order valence-corrected chi connectivity index (χ4v) is 3.65. The van der Waals surface area contributed by atoms with Gasteiger partial charge in [0.25, 0.3) is 0 Å². The van der Waals surface area contributed by atoms with Gasteiger partial charge < -0.3 is 4.90 Å². The molecule has 0 bridgehead atoms. The highest BCUT2D eigenvalue weighted by Crippen LogP contribution is 2.38. The third-order valence-corrected chi connectivity index (χ3v) is 4.60. The van der Waals surface area contributed by atoms with E-state index < -0.39 is 0 Å². The SMILES string of the molecule is N#CC(CN1CC2CCCC2C1)c1ccccc1. The maximum Gasteiger partial charge on any atom is 0.0839 e. The minimum atomic E-state index is 0.0324. The van der Waals surface area contributed by atoms with Crippen molar-refractivity contribution in [1.82, 2.24) is 4.90 Å². The Morgan fingerprint density at radius 2 is 1.83 bits per heavy atom. The summed E-state index contributed by atoms with van der Waals surface area (Å²) in [6.45, 7) is 3.35. The summed E-state index contributed by atoms with van der Waals surface area (Å²) in [5.74, 6) is 1.87. The molecule has 2 nitrogen and oxygen atoms in total. The van der Waals surface area contributed by atoms with E-state index in [-0.39, 0.29) is 5.92 Å². The second-order valence-corrected chi connectivity index (χ2v) is 5.76. The second-order valence-electron chi connectivity index (χ2n) is 5.76. The molecule has 3 unspecified atom stereocenters. The van der Waals surface area contributed by atoms with Gasteiger partial charge in [-0.05, 0) is 30.2 Å². The van der Waals surface area contributed by atoms with E-state index in [0.29, 0.717) is 0 Å². The Labute approximate surface area is 109 Å². The molecule has 3 atom stereocenters. The van der Waals surface area contributed by atoms with E-state index in [0.717, 1.165) is 23.9 Å². The van der Waals surface area contributed by atoms with Crippen molar-refractivity contribution >= 4 is 0 Å². The van der Waals surface area contributed by atoms with Crippen LogP contribution in [-0.2, 0) is 0 Å². The van der Waals surface area contributed by atoms with E-state index in [1.54, 1.807) is 0 Å². The quantitative estimate of drug-likeness (QED) is 0.812. The van der Waals surface area contributed by atoms with Gasteiger partial charge in [-0.25, -0.2) is 0 Å². The van der Waals surface area contributed by atoms with E-state index in [1.165, 1.54) is 32.4 Å². The van der Waals surface area contributed by atoms with Crippen molar-refractivity contribution in [1.29, 1.82) is 5.26 Å². The normalized spacial score (nSPS) is 28.8. The molecule has 94 valence electrons. The Morgan fingerprint density at radius 3 is 2.44 bits per heavy atom. The molecule has 0 aromatic heterocycles. The molecule has 0 amide bonds. The van der Waals surface area contributed by atoms with Crippen LogP contribution < -0.4 is 0 Å². The topological polar surface area (TPSA) is 27.0 Å². The Kier molecular flexibility index (Phi) is 3.34. The molecule has 1 aliphatic heterocycles. The Hall–Kier alpha value is -1.33. The standard InChI is InChI=1S/C16H20N2/c17-9-16(13-5-2-1-3-6-13)12-18-10-14-7-4-8-15(14)11-18/h1-3,5-6,14-16H,4,7-8,10-12H2. The van der Waals surface area contributed by atoms with Crippen molar-refractivity contribution in [3.8, 4) is 6.07 Å². The average Bonchev–Trinajstić information content (AvgIpc) is 2.97. The van der Waals surface area contributed by atoms with Gasteiger partial charge in [0.05, 0.1) is 12.0 Å². The van der Waals surface area contributed by atoms with Gasteiger partial charge in [-0.1, -0.05) is 36.8 Å². The molecule has 2 heteroatoms. The van der Waals surface area contributed by atoms with Crippen molar-refractivity contribution in [3.05, 3.63) is 35.9 Å². The summed E-state index contributed by atoms with van der Waals surface area (Å²) in [5.41, 5.74) is 1.16. The summed E-state index contributed by atoms with van der Waals surface area (Å²) in [6, 6.07) is 12.7. The van der Waals surface area contributed by atoms with Gasteiger partial charge in [-0.2, -0.15) is 5.26 Å². The molecule has 1 saturated carbocycles. The predicted octanol–water partition coefficient (Wildman–Crippen LogP) is 3.03. The van der Waals surface area contributed by atoms with Crippen LogP contribution in [0.1, 0.15) is 30.7 Å². The van der Waals surface area contributed by atoms with Gasteiger partial charge in [-0.15, -0.1) is 0 Å². The zero-order valence-electron chi connectivity index (χ0n) is 10.8.